The lowest BCUT2D eigenvalue weighted by Crippen LogP contribution is -2.37. The Balaban J connectivity index is 1.97. The Kier molecular flexibility index (Phi) is 4.17. The molecule has 0 spiro atoms. The summed E-state index contributed by atoms with van der Waals surface area (Å²) < 4.78 is 10.4. The number of allylic oxidation sites excluding steroid dienone is 2. The molecule has 0 saturated heterocycles. The molecule has 0 aromatic heterocycles. The average molecular weight is 275 g/mol. The van der Waals surface area contributed by atoms with E-state index in [2.05, 4.69) is 0 Å². The predicted molar refractivity (Wildman–Crippen MR) is 71.4 cm³/mol. The number of carbonyl (C=O) groups is 2. The summed E-state index contributed by atoms with van der Waals surface area (Å²) in [4.78, 5) is 21.8. The van der Waals surface area contributed by atoms with Gasteiger partial charge in [-0.15, -0.1) is 0 Å². The number of ether oxygens (including phenoxy) is 2. The summed E-state index contributed by atoms with van der Waals surface area (Å²) in [5, 5.41) is 8.55. The SMILES string of the molecule is NC(C(=O)O)C(=O)C=CC=Cc1ccc2c(c1)OCO2. The number of hydrogen-bond donors (Lipinski definition) is 2. The van der Waals surface area contributed by atoms with Crippen molar-refractivity contribution in [2.75, 3.05) is 6.79 Å². The summed E-state index contributed by atoms with van der Waals surface area (Å²) in [5.41, 5.74) is 6.03. The number of nitrogens with two attached hydrogens (primary N) is 1. The van der Waals surface area contributed by atoms with Crippen LogP contribution in [0.3, 0.4) is 0 Å². The molecular weight excluding hydrogens is 262 g/mol. The molecule has 1 aliphatic heterocycles. The standard InChI is InChI=1S/C14H13NO5/c15-13(14(17)18)10(16)4-2-1-3-9-5-6-11-12(7-9)20-8-19-11/h1-7,13H,8,15H2,(H,17,18). The third-order valence-electron chi connectivity index (χ3n) is 2.63. The average Bonchev–Trinajstić information content (AvgIpc) is 2.89. The Morgan fingerprint density at radius 3 is 2.75 bits per heavy atom. The number of benzene rings is 1. The first kappa shape index (κ1) is 13.8. The van der Waals surface area contributed by atoms with Crippen molar-refractivity contribution in [3.8, 4) is 11.5 Å². The number of hydrogen-bond acceptors (Lipinski definition) is 5. The molecule has 104 valence electrons. The van der Waals surface area contributed by atoms with Crippen molar-refractivity contribution in [2.45, 2.75) is 6.04 Å². The van der Waals surface area contributed by atoms with Crippen LogP contribution in [0.15, 0.2) is 36.4 Å². The monoisotopic (exact) mass is 275 g/mol. The zero-order valence-electron chi connectivity index (χ0n) is 10.5. The van der Waals surface area contributed by atoms with Crippen LogP contribution in [0.2, 0.25) is 0 Å². The van der Waals surface area contributed by atoms with E-state index in [1.54, 1.807) is 24.3 Å². The first-order chi connectivity index (χ1) is 9.58. The van der Waals surface area contributed by atoms with Gasteiger partial charge in [-0.1, -0.05) is 24.3 Å². The molecule has 0 radical (unpaired) electrons. The maximum Gasteiger partial charge on any atom is 0.328 e. The number of carbonyl (C=O) groups excluding carboxylic acids is 1. The molecule has 0 fully saturated rings. The van der Waals surface area contributed by atoms with E-state index in [0.717, 1.165) is 11.6 Å². The van der Waals surface area contributed by atoms with Gasteiger partial charge < -0.3 is 20.3 Å². The summed E-state index contributed by atoms with van der Waals surface area (Å²) in [6.45, 7) is 0.212. The molecule has 2 rings (SSSR count). The number of aliphatic carboxylic acids is 1. The topological polar surface area (TPSA) is 98.9 Å². The molecule has 1 aliphatic rings. The molecule has 20 heavy (non-hydrogen) atoms. The predicted octanol–water partition coefficient (Wildman–Crippen LogP) is 0.966. The molecule has 1 atom stereocenters. The third kappa shape index (κ3) is 3.24. The second kappa shape index (κ2) is 6.03. The molecule has 1 unspecified atom stereocenters. The van der Waals surface area contributed by atoms with Gasteiger partial charge in [0.05, 0.1) is 0 Å². The van der Waals surface area contributed by atoms with Gasteiger partial charge in [0, 0.05) is 0 Å². The highest BCUT2D eigenvalue weighted by molar-refractivity contribution is 6.07. The molecule has 0 aliphatic carbocycles. The maximum atomic E-state index is 11.3. The van der Waals surface area contributed by atoms with Crippen molar-refractivity contribution in [3.05, 3.63) is 42.0 Å². The van der Waals surface area contributed by atoms with Crippen molar-refractivity contribution in [2.24, 2.45) is 5.73 Å². The maximum absolute atomic E-state index is 11.3. The number of rotatable bonds is 5. The van der Waals surface area contributed by atoms with Gasteiger partial charge in [0.2, 0.25) is 6.79 Å². The Labute approximate surface area is 115 Å². The number of carboxylic acid groups (broad SMARTS) is 1. The first-order valence-corrected chi connectivity index (χ1v) is 5.84. The highest BCUT2D eigenvalue weighted by atomic mass is 16.7. The highest BCUT2D eigenvalue weighted by Crippen LogP contribution is 2.32. The molecule has 0 amide bonds. The lowest BCUT2D eigenvalue weighted by molar-refractivity contribution is -0.141. The van der Waals surface area contributed by atoms with Crippen molar-refractivity contribution >= 4 is 17.8 Å². The van der Waals surface area contributed by atoms with Crippen LogP contribution in [0, 0.1) is 0 Å². The Morgan fingerprint density at radius 2 is 2.00 bits per heavy atom. The zero-order chi connectivity index (χ0) is 14.5. The van der Waals surface area contributed by atoms with Gasteiger partial charge in [0.1, 0.15) is 0 Å². The second-order valence-electron chi connectivity index (χ2n) is 4.05. The van der Waals surface area contributed by atoms with E-state index in [1.165, 1.54) is 6.08 Å². The van der Waals surface area contributed by atoms with E-state index in [9.17, 15) is 9.59 Å². The normalized spacial score (nSPS) is 14.8. The van der Waals surface area contributed by atoms with E-state index in [1.807, 2.05) is 6.07 Å². The van der Waals surface area contributed by atoms with Gasteiger partial charge in [-0.25, -0.2) is 0 Å². The molecule has 1 aromatic carbocycles. The second-order valence-corrected chi connectivity index (χ2v) is 4.05. The Morgan fingerprint density at radius 1 is 1.25 bits per heavy atom. The van der Waals surface area contributed by atoms with E-state index < -0.39 is 17.8 Å². The van der Waals surface area contributed by atoms with E-state index in [-0.39, 0.29) is 6.79 Å². The van der Waals surface area contributed by atoms with Gasteiger partial charge in [-0.05, 0) is 23.8 Å². The van der Waals surface area contributed by atoms with Crippen molar-refractivity contribution in [1.82, 2.24) is 0 Å². The van der Waals surface area contributed by atoms with E-state index in [0.29, 0.717) is 11.5 Å². The minimum absolute atomic E-state index is 0.212. The van der Waals surface area contributed by atoms with Crippen LogP contribution in [0.25, 0.3) is 6.08 Å². The largest absolute Gasteiger partial charge is 0.480 e. The molecule has 1 heterocycles. The molecular formula is C14H13NO5. The fourth-order valence-electron chi connectivity index (χ4n) is 1.56. The van der Waals surface area contributed by atoms with Crippen LogP contribution in [-0.4, -0.2) is 29.7 Å². The fourth-order valence-corrected chi connectivity index (χ4v) is 1.56. The van der Waals surface area contributed by atoms with Crippen LogP contribution in [0.5, 0.6) is 11.5 Å². The van der Waals surface area contributed by atoms with Crippen molar-refractivity contribution in [3.63, 3.8) is 0 Å². The summed E-state index contributed by atoms with van der Waals surface area (Å²) in [6, 6.07) is 3.90. The first-order valence-electron chi connectivity index (χ1n) is 5.84. The number of fused-ring (bicyclic) bond motifs is 1. The summed E-state index contributed by atoms with van der Waals surface area (Å²) in [6.07, 6.45) is 5.93. The summed E-state index contributed by atoms with van der Waals surface area (Å²) >= 11 is 0. The lowest BCUT2D eigenvalue weighted by Gasteiger charge is -1.99. The fraction of sp³-hybridized carbons (Fsp3) is 0.143. The van der Waals surface area contributed by atoms with Gasteiger partial charge in [0.15, 0.2) is 23.3 Å². The van der Waals surface area contributed by atoms with Gasteiger partial charge in [-0.3, -0.25) is 9.59 Å². The Bertz CT molecular complexity index is 591. The number of carboxylic acids is 1. The highest BCUT2D eigenvalue weighted by Gasteiger charge is 2.17. The molecule has 0 bridgehead atoms. The van der Waals surface area contributed by atoms with Crippen molar-refractivity contribution in [1.29, 1.82) is 0 Å². The van der Waals surface area contributed by atoms with E-state index in [4.69, 9.17) is 20.3 Å². The molecule has 0 saturated carbocycles. The van der Waals surface area contributed by atoms with Gasteiger partial charge in [-0.2, -0.15) is 0 Å². The van der Waals surface area contributed by atoms with Crippen LogP contribution in [-0.2, 0) is 9.59 Å². The van der Waals surface area contributed by atoms with Crippen LogP contribution >= 0.6 is 0 Å². The van der Waals surface area contributed by atoms with Crippen LogP contribution < -0.4 is 15.2 Å². The molecule has 1 aromatic rings. The van der Waals surface area contributed by atoms with Crippen LogP contribution in [0.1, 0.15) is 5.56 Å². The zero-order valence-corrected chi connectivity index (χ0v) is 10.5. The van der Waals surface area contributed by atoms with Crippen molar-refractivity contribution < 1.29 is 24.2 Å². The molecule has 3 N–H and O–H groups in total. The van der Waals surface area contributed by atoms with Crippen LogP contribution in [0.4, 0.5) is 0 Å². The van der Waals surface area contributed by atoms with Gasteiger partial charge >= 0.3 is 5.97 Å². The smallest absolute Gasteiger partial charge is 0.328 e. The minimum Gasteiger partial charge on any atom is -0.480 e. The summed E-state index contributed by atoms with van der Waals surface area (Å²) in [7, 11) is 0. The molecule has 6 nitrogen and oxygen atoms in total. The quantitative estimate of drug-likeness (QED) is 0.472. The number of ketones is 1. The van der Waals surface area contributed by atoms with E-state index >= 15 is 0 Å². The third-order valence-corrected chi connectivity index (χ3v) is 2.63. The van der Waals surface area contributed by atoms with Gasteiger partial charge in [0.25, 0.3) is 0 Å². The molecule has 6 heteroatoms. The lowest BCUT2D eigenvalue weighted by atomic mass is 10.1. The Hall–Kier alpha value is -2.60. The minimum atomic E-state index is -1.52. The summed E-state index contributed by atoms with van der Waals surface area (Å²) in [5.74, 6) is -0.646.